The summed E-state index contributed by atoms with van der Waals surface area (Å²) in [5, 5.41) is 8.62. The first kappa shape index (κ1) is 15.2. The molecular formula is C16H20N2O3. The molecule has 21 heavy (non-hydrogen) atoms. The Morgan fingerprint density at radius 1 is 1.38 bits per heavy atom. The van der Waals surface area contributed by atoms with Gasteiger partial charge in [0, 0.05) is 32.1 Å². The summed E-state index contributed by atoms with van der Waals surface area (Å²) in [4.78, 5) is 28.6. The van der Waals surface area contributed by atoms with E-state index in [9.17, 15) is 9.59 Å². The number of carbonyl (C=O) groups is 2. The Bertz CT molecular complexity index is 548. The van der Waals surface area contributed by atoms with Crippen LogP contribution >= 0.6 is 0 Å². The quantitative estimate of drug-likeness (QED) is 0.845. The summed E-state index contributed by atoms with van der Waals surface area (Å²) < 4.78 is 0. The maximum atomic E-state index is 12.4. The molecule has 1 amide bonds. The Morgan fingerprint density at radius 3 is 2.76 bits per heavy atom. The highest BCUT2D eigenvalue weighted by molar-refractivity contribution is 5.94. The van der Waals surface area contributed by atoms with Crippen LogP contribution in [0.1, 0.15) is 41.6 Å². The van der Waals surface area contributed by atoms with Gasteiger partial charge in [-0.3, -0.25) is 9.78 Å². The smallest absolute Gasteiger partial charge is 0.328 e. The number of pyridine rings is 1. The third-order valence-electron chi connectivity index (χ3n) is 3.78. The Hall–Kier alpha value is -2.17. The van der Waals surface area contributed by atoms with Crippen LogP contribution in [0.2, 0.25) is 0 Å². The van der Waals surface area contributed by atoms with Crippen LogP contribution in [-0.4, -0.2) is 40.5 Å². The molecule has 0 atom stereocenters. The second-order valence-electron chi connectivity index (χ2n) is 5.51. The van der Waals surface area contributed by atoms with Crippen molar-refractivity contribution in [3.05, 3.63) is 35.7 Å². The summed E-state index contributed by atoms with van der Waals surface area (Å²) in [7, 11) is 1.81. The Kier molecular flexibility index (Phi) is 5.09. The van der Waals surface area contributed by atoms with E-state index in [2.05, 4.69) is 4.98 Å². The van der Waals surface area contributed by atoms with Crippen LogP contribution in [-0.2, 0) is 4.79 Å². The van der Waals surface area contributed by atoms with Gasteiger partial charge >= 0.3 is 5.97 Å². The SMILES string of the molecule is CN(CC1CCCC1)C(=O)c1cncc(C=CC(=O)O)c1. The molecule has 0 bridgehead atoms. The van der Waals surface area contributed by atoms with Gasteiger partial charge in [-0.25, -0.2) is 4.79 Å². The van der Waals surface area contributed by atoms with Gasteiger partial charge in [0.2, 0.25) is 0 Å². The fourth-order valence-corrected chi connectivity index (χ4v) is 2.72. The van der Waals surface area contributed by atoms with Crippen molar-refractivity contribution in [2.24, 2.45) is 5.92 Å². The van der Waals surface area contributed by atoms with E-state index in [0.717, 1.165) is 12.6 Å². The second kappa shape index (κ2) is 7.02. The average molecular weight is 288 g/mol. The first-order chi connectivity index (χ1) is 10.1. The van der Waals surface area contributed by atoms with Gasteiger partial charge in [-0.1, -0.05) is 12.8 Å². The molecule has 1 aliphatic rings. The van der Waals surface area contributed by atoms with Crippen LogP contribution < -0.4 is 0 Å². The number of amides is 1. The van der Waals surface area contributed by atoms with Crippen LogP contribution in [0.4, 0.5) is 0 Å². The molecule has 0 saturated heterocycles. The number of hydrogen-bond donors (Lipinski definition) is 1. The number of aromatic nitrogens is 1. The van der Waals surface area contributed by atoms with Crippen molar-refractivity contribution in [3.63, 3.8) is 0 Å². The van der Waals surface area contributed by atoms with E-state index < -0.39 is 5.97 Å². The van der Waals surface area contributed by atoms with Gasteiger partial charge in [-0.15, -0.1) is 0 Å². The molecule has 1 saturated carbocycles. The van der Waals surface area contributed by atoms with E-state index in [1.165, 1.54) is 44.2 Å². The van der Waals surface area contributed by atoms with Crippen LogP contribution in [0.15, 0.2) is 24.5 Å². The average Bonchev–Trinajstić information content (AvgIpc) is 2.97. The first-order valence-electron chi connectivity index (χ1n) is 7.18. The zero-order valence-electron chi connectivity index (χ0n) is 12.2. The molecule has 112 valence electrons. The normalized spacial score (nSPS) is 15.5. The van der Waals surface area contributed by atoms with E-state index in [-0.39, 0.29) is 5.91 Å². The summed E-state index contributed by atoms with van der Waals surface area (Å²) in [6.07, 6.45) is 10.4. The van der Waals surface area contributed by atoms with Gasteiger partial charge in [0.15, 0.2) is 0 Å². The third kappa shape index (κ3) is 4.41. The van der Waals surface area contributed by atoms with Crippen molar-refractivity contribution >= 4 is 18.0 Å². The molecular weight excluding hydrogens is 268 g/mol. The number of rotatable bonds is 5. The number of carboxylic acid groups (broad SMARTS) is 1. The number of carboxylic acids is 1. The largest absolute Gasteiger partial charge is 0.478 e. The monoisotopic (exact) mass is 288 g/mol. The molecule has 1 fully saturated rings. The molecule has 5 heteroatoms. The zero-order chi connectivity index (χ0) is 15.2. The summed E-state index contributed by atoms with van der Waals surface area (Å²) in [6, 6.07) is 1.67. The molecule has 0 unspecified atom stereocenters. The molecule has 0 aliphatic heterocycles. The fourth-order valence-electron chi connectivity index (χ4n) is 2.72. The number of nitrogens with zero attached hydrogens (tertiary/aromatic N) is 2. The summed E-state index contributed by atoms with van der Waals surface area (Å²) >= 11 is 0. The summed E-state index contributed by atoms with van der Waals surface area (Å²) in [5.41, 5.74) is 1.10. The zero-order valence-corrected chi connectivity index (χ0v) is 12.2. The maximum absolute atomic E-state index is 12.4. The Balaban J connectivity index is 2.04. The van der Waals surface area contributed by atoms with Gasteiger partial charge in [0.1, 0.15) is 0 Å². The maximum Gasteiger partial charge on any atom is 0.328 e. The molecule has 1 aromatic heterocycles. The van der Waals surface area contributed by atoms with Crippen molar-refractivity contribution in [3.8, 4) is 0 Å². The van der Waals surface area contributed by atoms with E-state index >= 15 is 0 Å². The van der Waals surface area contributed by atoms with Gasteiger partial charge in [0.05, 0.1) is 5.56 Å². The van der Waals surface area contributed by atoms with Crippen molar-refractivity contribution in [1.82, 2.24) is 9.88 Å². The molecule has 1 aromatic rings. The number of aliphatic carboxylic acids is 1. The first-order valence-corrected chi connectivity index (χ1v) is 7.18. The standard InChI is InChI=1S/C16H20N2O3/c1-18(11-12-4-2-3-5-12)16(21)14-8-13(9-17-10-14)6-7-15(19)20/h6-10,12H,2-5,11H2,1H3,(H,19,20). The molecule has 1 heterocycles. The van der Waals surface area contributed by atoms with Crippen molar-refractivity contribution in [2.75, 3.05) is 13.6 Å². The van der Waals surface area contributed by atoms with E-state index in [4.69, 9.17) is 5.11 Å². The highest BCUT2D eigenvalue weighted by Crippen LogP contribution is 2.25. The summed E-state index contributed by atoms with van der Waals surface area (Å²) in [6.45, 7) is 0.772. The van der Waals surface area contributed by atoms with Crippen molar-refractivity contribution < 1.29 is 14.7 Å². The molecule has 0 radical (unpaired) electrons. The minimum atomic E-state index is -1.02. The minimum absolute atomic E-state index is 0.0695. The van der Waals surface area contributed by atoms with E-state index in [1.807, 2.05) is 0 Å². The van der Waals surface area contributed by atoms with Crippen LogP contribution in [0.5, 0.6) is 0 Å². The van der Waals surface area contributed by atoms with Crippen LogP contribution in [0.25, 0.3) is 6.08 Å². The second-order valence-corrected chi connectivity index (χ2v) is 5.51. The van der Waals surface area contributed by atoms with Gasteiger partial charge in [-0.05, 0) is 36.5 Å². The van der Waals surface area contributed by atoms with Gasteiger partial charge < -0.3 is 10.0 Å². The van der Waals surface area contributed by atoms with Crippen molar-refractivity contribution in [1.29, 1.82) is 0 Å². The van der Waals surface area contributed by atoms with Crippen LogP contribution in [0.3, 0.4) is 0 Å². The third-order valence-corrected chi connectivity index (χ3v) is 3.78. The minimum Gasteiger partial charge on any atom is -0.478 e. The van der Waals surface area contributed by atoms with E-state index in [0.29, 0.717) is 17.0 Å². The lowest BCUT2D eigenvalue weighted by atomic mass is 10.1. The Morgan fingerprint density at radius 2 is 2.10 bits per heavy atom. The lowest BCUT2D eigenvalue weighted by Gasteiger charge is -2.21. The van der Waals surface area contributed by atoms with Gasteiger partial charge in [-0.2, -0.15) is 0 Å². The summed E-state index contributed by atoms with van der Waals surface area (Å²) in [5.74, 6) is -0.493. The number of carbonyl (C=O) groups excluding carboxylic acids is 1. The molecule has 1 aliphatic carbocycles. The molecule has 2 rings (SSSR count). The molecule has 5 nitrogen and oxygen atoms in total. The predicted octanol–water partition coefficient (Wildman–Crippen LogP) is 2.44. The number of hydrogen-bond acceptors (Lipinski definition) is 3. The molecule has 1 N–H and O–H groups in total. The highest BCUT2D eigenvalue weighted by atomic mass is 16.4. The highest BCUT2D eigenvalue weighted by Gasteiger charge is 2.20. The predicted molar refractivity (Wildman–Crippen MR) is 79.8 cm³/mol. The topological polar surface area (TPSA) is 70.5 Å². The molecule has 0 spiro atoms. The lowest BCUT2D eigenvalue weighted by Crippen LogP contribution is -2.31. The fraction of sp³-hybridized carbons (Fsp3) is 0.438. The van der Waals surface area contributed by atoms with E-state index in [1.54, 1.807) is 18.0 Å². The van der Waals surface area contributed by atoms with Crippen LogP contribution in [0, 0.1) is 5.92 Å². The molecule has 0 aromatic carbocycles. The Labute approximate surface area is 124 Å². The lowest BCUT2D eigenvalue weighted by molar-refractivity contribution is -0.131. The van der Waals surface area contributed by atoms with Gasteiger partial charge in [0.25, 0.3) is 5.91 Å². The van der Waals surface area contributed by atoms with Crippen molar-refractivity contribution in [2.45, 2.75) is 25.7 Å².